The molecule has 2 N–H and O–H groups in total. The summed E-state index contributed by atoms with van der Waals surface area (Å²) in [6.45, 7) is 12.9. The van der Waals surface area contributed by atoms with Gasteiger partial charge in [0.05, 0.1) is 18.3 Å². The first kappa shape index (κ1) is 15.8. The molecule has 0 aromatic heterocycles. The van der Waals surface area contributed by atoms with Crippen molar-refractivity contribution in [2.45, 2.75) is 58.7 Å². The Labute approximate surface area is 127 Å². The van der Waals surface area contributed by atoms with Crippen molar-refractivity contribution in [1.82, 2.24) is 5.32 Å². The van der Waals surface area contributed by atoms with Gasteiger partial charge >= 0.3 is 0 Å². The van der Waals surface area contributed by atoms with Crippen LogP contribution in [-0.4, -0.2) is 29.5 Å². The van der Waals surface area contributed by atoms with Crippen LogP contribution in [-0.2, 0) is 0 Å². The third-order valence-electron chi connectivity index (χ3n) is 3.40. The number of ketones is 1. The SMILES string of the molecule is CC(NC(C)(C)C)C(=O)c1ccc2c(c1)NCC(C)(C)O2. The number of carbonyl (C=O) groups excluding carboxylic acids is 1. The molecule has 1 aliphatic heterocycles. The van der Waals surface area contributed by atoms with E-state index in [9.17, 15) is 4.79 Å². The maximum atomic E-state index is 12.5. The van der Waals surface area contributed by atoms with Gasteiger partial charge in [-0.2, -0.15) is 0 Å². The van der Waals surface area contributed by atoms with Gasteiger partial charge in [-0.3, -0.25) is 4.79 Å². The number of anilines is 1. The highest BCUT2D eigenvalue weighted by Crippen LogP contribution is 2.33. The summed E-state index contributed by atoms with van der Waals surface area (Å²) in [5.41, 5.74) is 1.28. The van der Waals surface area contributed by atoms with Crippen molar-refractivity contribution in [3.05, 3.63) is 23.8 Å². The van der Waals surface area contributed by atoms with Crippen molar-refractivity contribution in [3.63, 3.8) is 0 Å². The van der Waals surface area contributed by atoms with Crippen LogP contribution in [0.5, 0.6) is 5.75 Å². The lowest BCUT2D eigenvalue weighted by molar-refractivity contribution is 0.0935. The zero-order valence-electron chi connectivity index (χ0n) is 13.8. The number of fused-ring (bicyclic) bond motifs is 1. The Morgan fingerprint density at radius 1 is 1.38 bits per heavy atom. The average molecular weight is 290 g/mol. The molecule has 0 saturated carbocycles. The van der Waals surface area contributed by atoms with E-state index in [0.717, 1.165) is 18.0 Å². The van der Waals surface area contributed by atoms with Gasteiger partial charge in [-0.25, -0.2) is 0 Å². The first-order valence-corrected chi connectivity index (χ1v) is 7.46. The Balaban J connectivity index is 2.17. The van der Waals surface area contributed by atoms with E-state index < -0.39 is 0 Å². The first-order valence-electron chi connectivity index (χ1n) is 7.46. The average Bonchev–Trinajstić information content (AvgIpc) is 2.34. The summed E-state index contributed by atoms with van der Waals surface area (Å²) in [5.74, 6) is 0.901. The minimum Gasteiger partial charge on any atom is -0.484 e. The zero-order valence-corrected chi connectivity index (χ0v) is 13.8. The van der Waals surface area contributed by atoms with Crippen LogP contribution in [0.2, 0.25) is 0 Å². The fraction of sp³-hybridized carbons (Fsp3) is 0.588. The van der Waals surface area contributed by atoms with Gasteiger partial charge in [0.1, 0.15) is 11.4 Å². The highest BCUT2D eigenvalue weighted by atomic mass is 16.5. The lowest BCUT2D eigenvalue weighted by Gasteiger charge is -2.33. The highest BCUT2D eigenvalue weighted by molar-refractivity contribution is 6.01. The molecule has 0 bridgehead atoms. The van der Waals surface area contributed by atoms with Gasteiger partial charge in [0, 0.05) is 11.1 Å². The first-order chi connectivity index (χ1) is 9.57. The quantitative estimate of drug-likeness (QED) is 0.839. The topological polar surface area (TPSA) is 50.4 Å². The number of ether oxygens (including phenoxy) is 1. The number of hydrogen-bond acceptors (Lipinski definition) is 4. The monoisotopic (exact) mass is 290 g/mol. The second kappa shape index (κ2) is 5.34. The van der Waals surface area contributed by atoms with Gasteiger partial charge in [0.15, 0.2) is 5.78 Å². The number of carbonyl (C=O) groups is 1. The normalized spacial score (nSPS) is 18.2. The molecule has 4 nitrogen and oxygen atoms in total. The third-order valence-corrected chi connectivity index (χ3v) is 3.40. The van der Waals surface area contributed by atoms with Gasteiger partial charge in [0.25, 0.3) is 0 Å². The van der Waals surface area contributed by atoms with Crippen LogP contribution >= 0.6 is 0 Å². The van der Waals surface area contributed by atoms with Crippen LogP contribution in [0.4, 0.5) is 5.69 Å². The molecule has 116 valence electrons. The molecular weight excluding hydrogens is 264 g/mol. The molecule has 0 radical (unpaired) electrons. The Morgan fingerprint density at radius 3 is 2.67 bits per heavy atom. The van der Waals surface area contributed by atoms with Gasteiger partial charge in [-0.05, 0) is 59.7 Å². The van der Waals surface area contributed by atoms with Crippen molar-refractivity contribution in [3.8, 4) is 5.75 Å². The van der Waals surface area contributed by atoms with E-state index in [1.807, 2.05) is 39.0 Å². The zero-order chi connectivity index (χ0) is 15.8. The van der Waals surface area contributed by atoms with Gasteiger partial charge < -0.3 is 15.4 Å². The predicted molar refractivity (Wildman–Crippen MR) is 86.3 cm³/mol. The molecular formula is C17H26N2O2. The minimum atomic E-state index is -0.223. The fourth-order valence-corrected chi connectivity index (χ4v) is 2.52. The molecule has 21 heavy (non-hydrogen) atoms. The molecule has 1 aromatic carbocycles. The fourth-order valence-electron chi connectivity index (χ4n) is 2.52. The standard InChI is InChI=1S/C17H26N2O2/c1-11(19-16(2,3)4)15(20)12-7-8-14-13(9-12)18-10-17(5,6)21-14/h7-9,11,18-19H,10H2,1-6H3. The second-order valence-electron chi connectivity index (χ2n) is 7.41. The van der Waals surface area contributed by atoms with Gasteiger partial charge in [-0.15, -0.1) is 0 Å². The molecule has 0 aliphatic carbocycles. The molecule has 0 spiro atoms. The van der Waals surface area contributed by atoms with E-state index in [2.05, 4.69) is 31.4 Å². The Morgan fingerprint density at radius 2 is 2.05 bits per heavy atom. The predicted octanol–water partition coefficient (Wildman–Crippen LogP) is 3.23. The number of rotatable bonds is 3. The second-order valence-corrected chi connectivity index (χ2v) is 7.41. The summed E-state index contributed by atoms with van der Waals surface area (Å²) in [6.07, 6.45) is 0. The van der Waals surface area contributed by atoms with Crippen LogP contribution in [0.15, 0.2) is 18.2 Å². The third kappa shape index (κ3) is 3.97. The number of benzene rings is 1. The summed E-state index contributed by atoms with van der Waals surface area (Å²) in [5, 5.41) is 6.65. The van der Waals surface area contributed by atoms with Crippen LogP contribution in [0, 0.1) is 0 Å². The van der Waals surface area contributed by atoms with Crippen LogP contribution in [0.25, 0.3) is 0 Å². The molecule has 2 rings (SSSR count). The van der Waals surface area contributed by atoms with Gasteiger partial charge in [-0.1, -0.05) is 0 Å². The minimum absolute atomic E-state index is 0.0886. The van der Waals surface area contributed by atoms with E-state index in [-0.39, 0.29) is 23.0 Å². The highest BCUT2D eigenvalue weighted by Gasteiger charge is 2.27. The Hall–Kier alpha value is -1.55. The molecule has 0 amide bonds. The molecule has 1 aliphatic rings. The van der Waals surface area contributed by atoms with Crippen molar-refractivity contribution in [2.75, 3.05) is 11.9 Å². The van der Waals surface area contributed by atoms with E-state index in [1.54, 1.807) is 0 Å². The summed E-state index contributed by atoms with van der Waals surface area (Å²) < 4.78 is 5.91. The van der Waals surface area contributed by atoms with Crippen LogP contribution in [0.3, 0.4) is 0 Å². The summed E-state index contributed by atoms with van der Waals surface area (Å²) in [6, 6.07) is 5.38. The van der Waals surface area contributed by atoms with E-state index in [0.29, 0.717) is 5.56 Å². The maximum Gasteiger partial charge on any atom is 0.179 e. The molecule has 4 heteroatoms. The Kier molecular flexibility index (Phi) is 4.02. The van der Waals surface area contributed by atoms with Gasteiger partial charge in [0.2, 0.25) is 0 Å². The van der Waals surface area contributed by atoms with Crippen molar-refractivity contribution in [1.29, 1.82) is 0 Å². The molecule has 1 aromatic rings. The summed E-state index contributed by atoms with van der Waals surface area (Å²) in [7, 11) is 0. The number of hydrogen-bond donors (Lipinski definition) is 2. The van der Waals surface area contributed by atoms with E-state index in [4.69, 9.17) is 4.74 Å². The van der Waals surface area contributed by atoms with Crippen LogP contribution < -0.4 is 15.4 Å². The lowest BCUT2D eigenvalue weighted by atomic mass is 10.00. The number of nitrogens with one attached hydrogen (secondary N) is 2. The van der Waals surface area contributed by atoms with Crippen LogP contribution in [0.1, 0.15) is 51.9 Å². The molecule has 0 fully saturated rings. The molecule has 1 atom stereocenters. The van der Waals surface area contributed by atoms with Crippen molar-refractivity contribution < 1.29 is 9.53 Å². The summed E-state index contributed by atoms with van der Waals surface area (Å²) in [4.78, 5) is 12.5. The smallest absolute Gasteiger partial charge is 0.179 e. The number of Topliss-reactive ketones (excluding diaryl/α,β-unsaturated/α-hetero) is 1. The molecule has 0 saturated heterocycles. The Bertz CT molecular complexity index is 544. The molecule has 1 unspecified atom stereocenters. The molecule has 1 heterocycles. The lowest BCUT2D eigenvalue weighted by Crippen LogP contribution is -2.46. The van der Waals surface area contributed by atoms with E-state index >= 15 is 0 Å². The van der Waals surface area contributed by atoms with Crippen molar-refractivity contribution >= 4 is 11.5 Å². The van der Waals surface area contributed by atoms with E-state index in [1.165, 1.54) is 0 Å². The van der Waals surface area contributed by atoms with Crippen molar-refractivity contribution in [2.24, 2.45) is 0 Å². The largest absolute Gasteiger partial charge is 0.484 e. The summed E-state index contributed by atoms with van der Waals surface area (Å²) >= 11 is 0. The maximum absolute atomic E-state index is 12.5.